The van der Waals surface area contributed by atoms with Gasteiger partial charge in [0.25, 0.3) is 0 Å². The van der Waals surface area contributed by atoms with E-state index in [1.165, 1.54) is 70.9 Å². The zero-order chi connectivity index (χ0) is 18.7. The Bertz CT molecular complexity index is 307. The van der Waals surface area contributed by atoms with Crippen LogP contribution in [0.25, 0.3) is 0 Å². The largest absolute Gasteiger partial charge is 0.306 e. The molecule has 0 heterocycles. The number of hydrogen-bond acceptors (Lipinski definition) is 1. The van der Waals surface area contributed by atoms with E-state index in [-0.39, 0.29) is 0 Å². The summed E-state index contributed by atoms with van der Waals surface area (Å²) in [6.07, 6.45) is 16.0. The minimum Gasteiger partial charge on any atom is -0.306 e. The first-order valence-corrected chi connectivity index (χ1v) is 11.8. The van der Waals surface area contributed by atoms with Gasteiger partial charge in [0.15, 0.2) is 0 Å². The molecule has 0 aliphatic heterocycles. The van der Waals surface area contributed by atoms with Crippen LogP contribution in [0.1, 0.15) is 105 Å². The van der Waals surface area contributed by atoms with Crippen LogP contribution < -0.4 is 0 Å². The van der Waals surface area contributed by atoms with Gasteiger partial charge in [-0.15, -0.1) is 0 Å². The van der Waals surface area contributed by atoms with Gasteiger partial charge in [-0.2, -0.15) is 0 Å². The van der Waals surface area contributed by atoms with E-state index in [1.807, 2.05) is 0 Å². The predicted octanol–water partition coefficient (Wildman–Crippen LogP) is 7.40. The summed E-state index contributed by atoms with van der Waals surface area (Å²) in [7, 11) is 2.31. The molecule has 0 aromatic carbocycles. The molecule has 0 spiro atoms. The molecule has 1 fully saturated rings. The van der Waals surface area contributed by atoms with Crippen molar-refractivity contribution in [2.75, 3.05) is 20.1 Å². The van der Waals surface area contributed by atoms with Crippen molar-refractivity contribution < 1.29 is 0 Å². The molecular weight excluding hydrogens is 302 g/mol. The number of rotatable bonds is 15. The molecule has 1 rings (SSSR count). The van der Waals surface area contributed by atoms with Crippen LogP contribution in [0.15, 0.2) is 0 Å². The second-order valence-electron chi connectivity index (χ2n) is 9.16. The summed E-state index contributed by atoms with van der Waals surface area (Å²) in [5.41, 5.74) is 0. The minimum absolute atomic E-state index is 0.928. The minimum atomic E-state index is 0.928. The lowest BCUT2D eigenvalue weighted by Crippen LogP contribution is -2.33. The normalized spacial score (nSPS) is 24.1. The number of unbranched alkanes of at least 4 members (excludes halogenated alkanes) is 1. The van der Waals surface area contributed by atoms with Gasteiger partial charge in [-0.3, -0.25) is 0 Å². The predicted molar refractivity (Wildman–Crippen MR) is 114 cm³/mol. The van der Waals surface area contributed by atoms with Crippen molar-refractivity contribution >= 4 is 0 Å². The van der Waals surface area contributed by atoms with E-state index >= 15 is 0 Å². The maximum absolute atomic E-state index is 2.54. The van der Waals surface area contributed by atoms with E-state index in [0.717, 1.165) is 29.6 Å². The third kappa shape index (κ3) is 8.46. The molecule has 0 bridgehead atoms. The van der Waals surface area contributed by atoms with Gasteiger partial charge in [0.05, 0.1) is 0 Å². The maximum Gasteiger partial charge on any atom is 0.000914 e. The van der Waals surface area contributed by atoms with Crippen molar-refractivity contribution in [2.24, 2.45) is 29.6 Å². The van der Waals surface area contributed by atoms with E-state index < -0.39 is 0 Å². The van der Waals surface area contributed by atoms with Gasteiger partial charge in [-0.05, 0) is 75.3 Å². The smallest absolute Gasteiger partial charge is 0.000914 e. The van der Waals surface area contributed by atoms with E-state index in [4.69, 9.17) is 0 Å². The van der Waals surface area contributed by atoms with Crippen LogP contribution in [0, 0.1) is 29.6 Å². The fourth-order valence-corrected chi connectivity index (χ4v) is 5.22. The Hall–Kier alpha value is -0.0400. The monoisotopic (exact) mass is 351 g/mol. The summed E-state index contributed by atoms with van der Waals surface area (Å²) in [6, 6.07) is 0. The van der Waals surface area contributed by atoms with Crippen molar-refractivity contribution in [3.63, 3.8) is 0 Å². The summed E-state index contributed by atoms with van der Waals surface area (Å²) in [5, 5.41) is 0. The Morgan fingerprint density at radius 2 is 1.48 bits per heavy atom. The molecule has 0 radical (unpaired) electrons. The van der Waals surface area contributed by atoms with Gasteiger partial charge in [0, 0.05) is 6.54 Å². The zero-order valence-corrected chi connectivity index (χ0v) is 18.5. The lowest BCUT2D eigenvalue weighted by atomic mass is 9.65. The molecule has 0 N–H and O–H groups in total. The Balaban J connectivity index is 2.43. The van der Waals surface area contributed by atoms with E-state index in [0.29, 0.717) is 0 Å². The lowest BCUT2D eigenvalue weighted by molar-refractivity contribution is 0.1000. The summed E-state index contributed by atoms with van der Waals surface area (Å²) in [4.78, 5) is 2.54. The van der Waals surface area contributed by atoms with Crippen molar-refractivity contribution in [2.45, 2.75) is 105 Å². The molecule has 1 heteroatoms. The summed E-state index contributed by atoms with van der Waals surface area (Å²) in [5.74, 6) is 5.01. The van der Waals surface area contributed by atoms with Crippen LogP contribution in [-0.4, -0.2) is 25.0 Å². The summed E-state index contributed by atoms with van der Waals surface area (Å²) < 4.78 is 0. The van der Waals surface area contributed by atoms with Crippen molar-refractivity contribution in [1.82, 2.24) is 4.90 Å². The summed E-state index contributed by atoms with van der Waals surface area (Å²) >= 11 is 0. The molecule has 25 heavy (non-hydrogen) atoms. The van der Waals surface area contributed by atoms with Crippen LogP contribution in [0.4, 0.5) is 0 Å². The average molecular weight is 352 g/mol. The molecule has 0 aromatic rings. The second kappa shape index (κ2) is 13.2. The van der Waals surface area contributed by atoms with Crippen molar-refractivity contribution in [1.29, 1.82) is 0 Å². The third-order valence-electron chi connectivity index (χ3n) is 7.12. The fourth-order valence-electron chi connectivity index (χ4n) is 5.22. The highest BCUT2D eigenvalue weighted by Crippen LogP contribution is 2.44. The van der Waals surface area contributed by atoms with Crippen molar-refractivity contribution in [3.05, 3.63) is 0 Å². The molecule has 0 aromatic heterocycles. The Morgan fingerprint density at radius 3 is 2.00 bits per heavy atom. The lowest BCUT2D eigenvalue weighted by Gasteiger charge is -2.41. The molecule has 1 saturated carbocycles. The molecule has 1 aliphatic carbocycles. The zero-order valence-electron chi connectivity index (χ0n) is 18.5. The van der Waals surface area contributed by atoms with Crippen LogP contribution in [0.3, 0.4) is 0 Å². The third-order valence-corrected chi connectivity index (χ3v) is 7.12. The highest BCUT2D eigenvalue weighted by molar-refractivity contribution is 4.85. The Labute approximate surface area is 160 Å². The molecule has 150 valence electrons. The number of nitrogens with zero attached hydrogens (tertiary/aromatic N) is 1. The van der Waals surface area contributed by atoms with Gasteiger partial charge < -0.3 is 4.90 Å². The van der Waals surface area contributed by atoms with Crippen LogP contribution in [0.5, 0.6) is 0 Å². The van der Waals surface area contributed by atoms with Gasteiger partial charge in [0.2, 0.25) is 0 Å². The van der Waals surface area contributed by atoms with Gasteiger partial charge in [-0.25, -0.2) is 0 Å². The van der Waals surface area contributed by atoms with E-state index in [2.05, 4.69) is 46.6 Å². The summed E-state index contributed by atoms with van der Waals surface area (Å²) in [6.45, 7) is 14.3. The van der Waals surface area contributed by atoms with E-state index in [9.17, 15) is 0 Å². The fraction of sp³-hybridized carbons (Fsp3) is 1.00. The van der Waals surface area contributed by atoms with Gasteiger partial charge in [-0.1, -0.05) is 73.1 Å². The van der Waals surface area contributed by atoms with Gasteiger partial charge in [0.1, 0.15) is 0 Å². The highest BCUT2D eigenvalue weighted by atomic mass is 15.1. The molecular formula is C24H49N. The molecule has 0 saturated heterocycles. The molecule has 0 amide bonds. The first kappa shape index (κ1) is 23.0. The molecule has 3 atom stereocenters. The Morgan fingerprint density at radius 1 is 0.800 bits per heavy atom. The molecule has 1 nitrogen and oxygen atoms in total. The average Bonchev–Trinajstić information content (AvgIpc) is 2.59. The molecule has 1 aliphatic rings. The first-order chi connectivity index (χ1) is 12.1. The van der Waals surface area contributed by atoms with Crippen LogP contribution in [-0.2, 0) is 0 Å². The van der Waals surface area contributed by atoms with Crippen molar-refractivity contribution in [3.8, 4) is 0 Å². The van der Waals surface area contributed by atoms with E-state index in [1.54, 1.807) is 12.8 Å². The highest BCUT2D eigenvalue weighted by Gasteiger charge is 2.33. The standard InChI is InChI=1S/C24H49N/c1-7-12-14-24(19-25(6)11-5)23(10-4)18-22-16-21(17-22)15-20(9-3)13-8-2/h20-24H,7-19H2,1-6H3. The Kier molecular flexibility index (Phi) is 12.1. The SMILES string of the molecule is CCCCC(CN(C)CC)C(CC)CC1CC(CC(CC)CCC)C1. The second-order valence-corrected chi connectivity index (χ2v) is 9.16. The number of hydrogen-bond donors (Lipinski definition) is 0. The van der Waals surface area contributed by atoms with Crippen LogP contribution in [0.2, 0.25) is 0 Å². The quantitative estimate of drug-likeness (QED) is 0.297. The molecule has 3 unspecified atom stereocenters. The first-order valence-electron chi connectivity index (χ1n) is 11.8. The topological polar surface area (TPSA) is 3.24 Å². The maximum atomic E-state index is 2.54. The van der Waals surface area contributed by atoms with Crippen LogP contribution >= 0.6 is 0 Å². The van der Waals surface area contributed by atoms with Gasteiger partial charge >= 0.3 is 0 Å².